The number of anilines is 3. The molecule has 0 N–H and O–H groups in total. The Kier molecular flexibility index (Phi) is 5.30. The van der Waals surface area contributed by atoms with Crippen molar-refractivity contribution in [3.8, 4) is 22.6 Å². The van der Waals surface area contributed by atoms with Gasteiger partial charge in [-0.15, -0.1) is 0 Å². The van der Waals surface area contributed by atoms with Crippen LogP contribution in [0.1, 0.15) is 33.4 Å². The van der Waals surface area contributed by atoms with E-state index in [2.05, 4.69) is 104 Å². The van der Waals surface area contributed by atoms with E-state index in [0.29, 0.717) is 16.5 Å². The molecule has 1 aliphatic carbocycles. The third-order valence-electron chi connectivity index (χ3n) is 8.44. The van der Waals surface area contributed by atoms with Gasteiger partial charge in [0, 0.05) is 16.8 Å². The lowest BCUT2D eigenvalue weighted by molar-refractivity contribution is 0.354. The molecule has 2 aliphatic rings. The normalized spacial score (nSPS) is 16.4. The molecule has 0 aromatic heterocycles. The molecule has 5 aromatic carbocycles. The number of fused-ring (bicyclic) bond motifs is 9. The van der Waals surface area contributed by atoms with E-state index >= 15 is 0 Å². The number of hydrogen-bond donors (Lipinski definition) is 0. The first-order chi connectivity index (χ1) is 19.0. The first-order valence-corrected chi connectivity index (χ1v) is 13.5. The van der Waals surface area contributed by atoms with Crippen molar-refractivity contribution in [1.82, 2.24) is 0 Å². The third kappa shape index (κ3) is 3.17. The SMILES string of the molecule is COc1cc2c(cc1OC)C1(c3ccccc3-c3cc(C)c(C)cc31)c1ccccc1N2c1ccc(Cl)cc1. The van der Waals surface area contributed by atoms with Crippen LogP contribution in [0.2, 0.25) is 5.02 Å². The molecule has 5 aromatic rings. The van der Waals surface area contributed by atoms with Crippen LogP contribution in [0.3, 0.4) is 0 Å². The lowest BCUT2D eigenvalue weighted by Gasteiger charge is -2.45. The van der Waals surface area contributed by atoms with Gasteiger partial charge >= 0.3 is 0 Å². The molecular weight excluding hydrogens is 502 g/mol. The van der Waals surface area contributed by atoms with Gasteiger partial charge in [0.1, 0.15) is 0 Å². The second-order valence-corrected chi connectivity index (χ2v) is 10.8. The summed E-state index contributed by atoms with van der Waals surface area (Å²) in [5, 5.41) is 0.706. The van der Waals surface area contributed by atoms with Gasteiger partial charge in [-0.1, -0.05) is 66.2 Å². The molecule has 192 valence electrons. The zero-order valence-electron chi connectivity index (χ0n) is 22.4. The van der Waals surface area contributed by atoms with Crippen molar-refractivity contribution in [2.45, 2.75) is 19.3 Å². The molecule has 1 atom stereocenters. The molecule has 1 unspecified atom stereocenters. The van der Waals surface area contributed by atoms with Crippen LogP contribution in [0.15, 0.2) is 97.1 Å². The molecule has 0 fully saturated rings. The lowest BCUT2D eigenvalue weighted by atomic mass is 9.64. The molecule has 0 bridgehead atoms. The number of nitrogens with zero attached hydrogens (tertiary/aromatic N) is 1. The predicted molar refractivity (Wildman–Crippen MR) is 160 cm³/mol. The molecule has 1 heterocycles. The number of para-hydroxylation sites is 1. The maximum absolute atomic E-state index is 6.32. The Morgan fingerprint density at radius 2 is 1.23 bits per heavy atom. The fourth-order valence-electron chi connectivity index (χ4n) is 6.60. The Morgan fingerprint density at radius 3 is 1.97 bits per heavy atom. The minimum absolute atomic E-state index is 0.529. The summed E-state index contributed by atoms with van der Waals surface area (Å²) >= 11 is 6.32. The molecule has 0 radical (unpaired) electrons. The summed E-state index contributed by atoms with van der Waals surface area (Å²) in [6.45, 7) is 4.40. The van der Waals surface area contributed by atoms with Crippen molar-refractivity contribution in [3.63, 3.8) is 0 Å². The average Bonchev–Trinajstić information content (AvgIpc) is 3.23. The number of hydrogen-bond acceptors (Lipinski definition) is 3. The molecule has 3 nitrogen and oxygen atoms in total. The Hall–Kier alpha value is -4.21. The van der Waals surface area contributed by atoms with E-state index in [4.69, 9.17) is 21.1 Å². The van der Waals surface area contributed by atoms with Gasteiger partial charge in [0.25, 0.3) is 0 Å². The topological polar surface area (TPSA) is 21.7 Å². The van der Waals surface area contributed by atoms with E-state index in [-0.39, 0.29) is 0 Å². The summed E-state index contributed by atoms with van der Waals surface area (Å²) in [7, 11) is 3.39. The van der Waals surface area contributed by atoms with Crippen LogP contribution in [0.5, 0.6) is 11.5 Å². The van der Waals surface area contributed by atoms with Crippen LogP contribution < -0.4 is 14.4 Å². The molecular formula is C35H28ClNO2. The Labute approximate surface area is 234 Å². The summed E-state index contributed by atoms with van der Waals surface area (Å²) < 4.78 is 11.8. The van der Waals surface area contributed by atoms with Gasteiger partial charge in [-0.05, 0) is 94.8 Å². The van der Waals surface area contributed by atoms with Gasteiger partial charge in [0.05, 0.1) is 31.0 Å². The van der Waals surface area contributed by atoms with Crippen LogP contribution >= 0.6 is 11.6 Å². The summed E-state index contributed by atoms with van der Waals surface area (Å²) in [6, 6.07) is 34.6. The fourth-order valence-corrected chi connectivity index (χ4v) is 6.73. The van der Waals surface area contributed by atoms with Crippen LogP contribution in [0.25, 0.3) is 11.1 Å². The van der Waals surface area contributed by atoms with Crippen molar-refractivity contribution in [2.75, 3.05) is 19.1 Å². The van der Waals surface area contributed by atoms with Crippen molar-refractivity contribution < 1.29 is 9.47 Å². The number of benzene rings is 5. The molecule has 0 saturated heterocycles. The van der Waals surface area contributed by atoms with Gasteiger partial charge in [-0.3, -0.25) is 0 Å². The predicted octanol–water partition coefficient (Wildman–Crippen LogP) is 9.12. The first-order valence-electron chi connectivity index (χ1n) is 13.1. The third-order valence-corrected chi connectivity index (χ3v) is 8.69. The van der Waals surface area contributed by atoms with Gasteiger partial charge in [-0.2, -0.15) is 0 Å². The Balaban J connectivity index is 1.68. The molecule has 7 rings (SSSR count). The zero-order valence-corrected chi connectivity index (χ0v) is 23.1. The monoisotopic (exact) mass is 529 g/mol. The summed E-state index contributed by atoms with van der Waals surface area (Å²) in [6.07, 6.45) is 0. The zero-order chi connectivity index (χ0) is 26.9. The summed E-state index contributed by atoms with van der Waals surface area (Å²) in [4.78, 5) is 2.32. The molecule has 0 saturated carbocycles. The highest BCUT2D eigenvalue weighted by Gasteiger charge is 2.52. The van der Waals surface area contributed by atoms with Crippen molar-refractivity contribution in [2.24, 2.45) is 0 Å². The van der Waals surface area contributed by atoms with Crippen LogP contribution in [-0.4, -0.2) is 14.2 Å². The van der Waals surface area contributed by atoms with Gasteiger partial charge in [0.15, 0.2) is 11.5 Å². The second kappa shape index (κ2) is 8.65. The summed E-state index contributed by atoms with van der Waals surface area (Å²) in [5.41, 5.74) is 12.8. The van der Waals surface area contributed by atoms with E-state index in [1.807, 2.05) is 12.1 Å². The molecule has 39 heavy (non-hydrogen) atoms. The van der Waals surface area contributed by atoms with Crippen LogP contribution in [0.4, 0.5) is 17.1 Å². The maximum atomic E-state index is 6.32. The highest BCUT2D eigenvalue weighted by Crippen LogP contribution is 2.64. The van der Waals surface area contributed by atoms with Gasteiger partial charge in [0.2, 0.25) is 0 Å². The van der Waals surface area contributed by atoms with E-state index in [1.165, 1.54) is 38.9 Å². The van der Waals surface area contributed by atoms with E-state index in [0.717, 1.165) is 22.6 Å². The van der Waals surface area contributed by atoms with Crippen molar-refractivity contribution in [3.05, 3.63) is 135 Å². The standard InChI is InChI=1S/C35H28ClNO2/c1-21-17-26-25-9-5-6-10-27(25)35(29(26)18-22(21)2)28-11-7-8-12-31(28)37(24-15-13-23(36)14-16-24)32-20-34(39-4)33(38-3)19-30(32)35/h5-20H,1-4H3. The minimum Gasteiger partial charge on any atom is -0.493 e. The number of halogens is 1. The second-order valence-electron chi connectivity index (χ2n) is 10.3. The van der Waals surface area contributed by atoms with Crippen molar-refractivity contribution in [1.29, 1.82) is 0 Å². The maximum Gasteiger partial charge on any atom is 0.162 e. The first kappa shape index (κ1) is 23.9. The highest BCUT2D eigenvalue weighted by atomic mass is 35.5. The summed E-state index contributed by atoms with van der Waals surface area (Å²) in [5.74, 6) is 1.40. The van der Waals surface area contributed by atoms with Crippen LogP contribution in [-0.2, 0) is 5.41 Å². The quantitative estimate of drug-likeness (QED) is 0.228. The molecule has 1 spiro atoms. The van der Waals surface area contributed by atoms with Gasteiger partial charge < -0.3 is 14.4 Å². The largest absolute Gasteiger partial charge is 0.493 e. The Bertz CT molecular complexity index is 1780. The number of methoxy groups -OCH3 is 2. The van der Waals surface area contributed by atoms with E-state index in [9.17, 15) is 0 Å². The average molecular weight is 530 g/mol. The molecule has 4 heteroatoms. The minimum atomic E-state index is -0.529. The highest BCUT2D eigenvalue weighted by molar-refractivity contribution is 6.30. The number of ether oxygens (including phenoxy) is 2. The fraction of sp³-hybridized carbons (Fsp3) is 0.143. The van der Waals surface area contributed by atoms with E-state index < -0.39 is 5.41 Å². The molecule has 0 amide bonds. The van der Waals surface area contributed by atoms with Crippen molar-refractivity contribution >= 4 is 28.7 Å². The number of aryl methyl sites for hydroxylation is 2. The van der Waals surface area contributed by atoms with E-state index in [1.54, 1.807) is 14.2 Å². The molecule has 1 aliphatic heterocycles. The van der Waals surface area contributed by atoms with Crippen LogP contribution in [0, 0.1) is 13.8 Å². The lowest BCUT2D eigenvalue weighted by Crippen LogP contribution is -2.36. The van der Waals surface area contributed by atoms with Gasteiger partial charge in [-0.25, -0.2) is 0 Å². The smallest absolute Gasteiger partial charge is 0.162 e. The Morgan fingerprint density at radius 1 is 0.590 bits per heavy atom. The number of rotatable bonds is 3.